The summed E-state index contributed by atoms with van der Waals surface area (Å²) in [7, 11) is 1.73. The van der Waals surface area contributed by atoms with Crippen molar-refractivity contribution in [2.45, 2.75) is 37.8 Å². The summed E-state index contributed by atoms with van der Waals surface area (Å²) in [6, 6.07) is 15.4. The highest BCUT2D eigenvalue weighted by Crippen LogP contribution is 2.39. The van der Waals surface area contributed by atoms with E-state index in [9.17, 15) is 23.9 Å². The number of carboxylic acids is 1. The molecule has 1 amide bonds. The third-order valence-corrected chi connectivity index (χ3v) is 9.15. The van der Waals surface area contributed by atoms with Crippen molar-refractivity contribution in [2.24, 2.45) is 0 Å². The monoisotopic (exact) mass is 645 g/mol. The number of nitrogens with zero attached hydrogens (tertiary/aromatic N) is 4. The molecular formula is C34H33ClFN5O5. The van der Waals surface area contributed by atoms with Gasteiger partial charge in [0.15, 0.2) is 11.6 Å². The van der Waals surface area contributed by atoms with Crippen LogP contribution >= 0.6 is 11.6 Å². The lowest BCUT2D eigenvalue weighted by atomic mass is 9.86. The molecule has 0 radical (unpaired) electrons. The Hall–Kier alpha value is -4.74. The van der Waals surface area contributed by atoms with Gasteiger partial charge in [-0.05, 0) is 66.3 Å². The number of carbonyl (C=O) groups is 3. The summed E-state index contributed by atoms with van der Waals surface area (Å²) >= 11 is 5.97. The summed E-state index contributed by atoms with van der Waals surface area (Å²) in [4.78, 5) is 43.6. The number of Topliss-reactive ketones (excluding diaryl/α,β-unsaturated/α-hetero) is 1. The van der Waals surface area contributed by atoms with E-state index in [1.807, 2.05) is 12.1 Å². The Labute approximate surface area is 270 Å². The normalized spacial score (nSPS) is 16.7. The van der Waals surface area contributed by atoms with Crippen LogP contribution in [0.4, 0.5) is 15.9 Å². The van der Waals surface area contributed by atoms with Crippen molar-refractivity contribution < 1.29 is 28.6 Å². The predicted octanol–water partition coefficient (Wildman–Crippen LogP) is 5.11. The molecule has 3 heterocycles. The zero-order chi connectivity index (χ0) is 32.5. The van der Waals surface area contributed by atoms with Crippen molar-refractivity contribution in [1.29, 1.82) is 0 Å². The molecule has 2 aliphatic rings. The number of hydrogen-bond acceptors (Lipinski definition) is 7. The van der Waals surface area contributed by atoms with Crippen LogP contribution < -0.4 is 10.6 Å². The van der Waals surface area contributed by atoms with Crippen molar-refractivity contribution >= 4 is 40.8 Å². The first-order chi connectivity index (χ1) is 22.2. The second-order valence-corrected chi connectivity index (χ2v) is 11.9. The molecule has 2 aliphatic heterocycles. The Morgan fingerprint density at radius 3 is 2.41 bits per heavy atom. The predicted molar refractivity (Wildman–Crippen MR) is 171 cm³/mol. The van der Waals surface area contributed by atoms with E-state index in [4.69, 9.17) is 22.1 Å². The highest BCUT2D eigenvalue weighted by atomic mass is 35.5. The van der Waals surface area contributed by atoms with Gasteiger partial charge in [0.25, 0.3) is 5.91 Å². The number of fused-ring (bicyclic) bond motifs is 1. The van der Waals surface area contributed by atoms with Gasteiger partial charge in [-0.15, -0.1) is 0 Å². The SMILES string of the molecule is COC1CCN(c2cccc3c2CCN(C(=O)c2cnn(-c4cccc(Cl)c4F)c2N)[C@H]3C(=O)Cc2ccc(C(=O)O)cc2)CC1. The van der Waals surface area contributed by atoms with Gasteiger partial charge in [-0.25, -0.2) is 13.9 Å². The maximum absolute atomic E-state index is 14.8. The highest BCUT2D eigenvalue weighted by molar-refractivity contribution is 6.30. The Kier molecular flexibility index (Phi) is 8.79. The summed E-state index contributed by atoms with van der Waals surface area (Å²) in [5.41, 5.74) is 9.90. The van der Waals surface area contributed by atoms with Crippen LogP contribution in [0.1, 0.15) is 56.3 Å². The minimum Gasteiger partial charge on any atom is -0.478 e. The summed E-state index contributed by atoms with van der Waals surface area (Å²) < 4.78 is 21.5. The van der Waals surface area contributed by atoms with Crippen LogP contribution in [0, 0.1) is 5.82 Å². The van der Waals surface area contributed by atoms with Crippen LogP contribution in [0.15, 0.2) is 66.9 Å². The Morgan fingerprint density at radius 2 is 1.72 bits per heavy atom. The molecule has 0 saturated carbocycles. The van der Waals surface area contributed by atoms with E-state index in [0.29, 0.717) is 12.0 Å². The first-order valence-corrected chi connectivity index (χ1v) is 15.4. The number of nitrogens with two attached hydrogens (primary N) is 1. The van der Waals surface area contributed by atoms with Crippen LogP contribution in [-0.2, 0) is 22.4 Å². The van der Waals surface area contributed by atoms with Crippen molar-refractivity contribution in [3.63, 3.8) is 0 Å². The molecule has 0 bridgehead atoms. The second-order valence-electron chi connectivity index (χ2n) is 11.5. The number of amides is 1. The van der Waals surface area contributed by atoms with E-state index in [1.165, 1.54) is 35.4 Å². The van der Waals surface area contributed by atoms with Crippen molar-refractivity contribution in [3.8, 4) is 5.69 Å². The summed E-state index contributed by atoms with van der Waals surface area (Å²) in [6.07, 6.45) is 3.73. The van der Waals surface area contributed by atoms with Crippen molar-refractivity contribution in [2.75, 3.05) is 37.4 Å². The number of anilines is 2. The maximum Gasteiger partial charge on any atom is 0.335 e. The topological polar surface area (TPSA) is 131 Å². The fourth-order valence-corrected chi connectivity index (χ4v) is 6.60. The van der Waals surface area contributed by atoms with Crippen LogP contribution in [0.3, 0.4) is 0 Å². The second kappa shape index (κ2) is 12.9. The third-order valence-electron chi connectivity index (χ3n) is 8.85. The van der Waals surface area contributed by atoms with Gasteiger partial charge in [0.1, 0.15) is 23.1 Å². The molecule has 1 aromatic heterocycles. The summed E-state index contributed by atoms with van der Waals surface area (Å²) in [5.74, 6) is -2.62. The van der Waals surface area contributed by atoms with E-state index in [0.717, 1.165) is 47.4 Å². The summed E-state index contributed by atoms with van der Waals surface area (Å²) in [5, 5.41) is 13.4. The first kappa shape index (κ1) is 31.3. The molecule has 10 nitrogen and oxygen atoms in total. The minimum absolute atomic E-state index is 0.00707. The highest BCUT2D eigenvalue weighted by Gasteiger charge is 2.39. The minimum atomic E-state index is -1.06. The van der Waals surface area contributed by atoms with Crippen LogP contribution in [0.2, 0.25) is 5.02 Å². The fraction of sp³-hybridized carbons (Fsp3) is 0.294. The molecule has 0 aliphatic carbocycles. The number of carbonyl (C=O) groups excluding carboxylic acids is 2. The Balaban J connectivity index is 1.37. The lowest BCUT2D eigenvalue weighted by Gasteiger charge is -2.40. The van der Waals surface area contributed by atoms with E-state index in [2.05, 4.69) is 16.1 Å². The summed E-state index contributed by atoms with van der Waals surface area (Å²) in [6.45, 7) is 1.85. The average molecular weight is 646 g/mol. The lowest BCUT2D eigenvalue weighted by molar-refractivity contribution is -0.123. The van der Waals surface area contributed by atoms with Crippen LogP contribution in [0.5, 0.6) is 0 Å². The molecule has 3 aromatic carbocycles. The molecule has 238 valence electrons. The van der Waals surface area contributed by atoms with Crippen LogP contribution in [0.25, 0.3) is 5.69 Å². The average Bonchev–Trinajstić information content (AvgIpc) is 3.45. The number of hydrogen-bond donors (Lipinski definition) is 2. The van der Waals surface area contributed by atoms with Crippen molar-refractivity contribution in [1.82, 2.24) is 14.7 Å². The van der Waals surface area contributed by atoms with Gasteiger partial charge in [-0.1, -0.05) is 41.9 Å². The number of ether oxygens (including phenoxy) is 1. The number of benzene rings is 3. The van der Waals surface area contributed by atoms with E-state index < -0.39 is 23.7 Å². The van der Waals surface area contributed by atoms with Gasteiger partial charge < -0.3 is 25.4 Å². The first-order valence-electron chi connectivity index (χ1n) is 15.0. The van der Waals surface area contributed by atoms with E-state index in [1.54, 1.807) is 25.3 Å². The molecule has 0 unspecified atom stereocenters. The van der Waals surface area contributed by atoms with Gasteiger partial charge in [0.2, 0.25) is 0 Å². The lowest BCUT2D eigenvalue weighted by Crippen LogP contribution is -2.45. The van der Waals surface area contributed by atoms with Crippen molar-refractivity contribution in [3.05, 3.63) is 106 Å². The van der Waals surface area contributed by atoms with Gasteiger partial charge in [0, 0.05) is 38.9 Å². The zero-order valence-electron chi connectivity index (χ0n) is 25.2. The number of rotatable bonds is 8. The molecule has 46 heavy (non-hydrogen) atoms. The Bertz CT molecular complexity index is 1800. The number of aromatic nitrogens is 2. The number of carboxylic acid groups (broad SMARTS) is 1. The number of methoxy groups -OCH3 is 1. The quantitative estimate of drug-likeness (QED) is 0.270. The van der Waals surface area contributed by atoms with Gasteiger partial charge in [-0.3, -0.25) is 9.59 Å². The third kappa shape index (κ3) is 5.83. The molecule has 1 atom stereocenters. The number of aromatic carboxylic acids is 1. The van der Waals surface area contributed by atoms with Gasteiger partial charge in [0.05, 0.1) is 22.9 Å². The van der Waals surface area contributed by atoms with Gasteiger partial charge >= 0.3 is 5.97 Å². The largest absolute Gasteiger partial charge is 0.478 e. The van der Waals surface area contributed by atoms with Gasteiger partial charge in [-0.2, -0.15) is 5.10 Å². The fourth-order valence-electron chi connectivity index (χ4n) is 6.43. The van der Waals surface area contributed by atoms with E-state index >= 15 is 0 Å². The molecule has 1 fully saturated rings. The van der Waals surface area contributed by atoms with E-state index in [-0.39, 0.29) is 52.5 Å². The Morgan fingerprint density at radius 1 is 1.02 bits per heavy atom. The standard InChI is InChI=1S/C34H33ClFN5O5/c1-46-22-12-15-39(16-13-22)27-6-2-4-24-23(27)14-17-40(31(24)29(42)18-20-8-10-21(11-9-20)34(44)45)33(43)25-19-38-41(32(25)37)28-7-3-5-26(35)30(28)36/h2-11,19,22,31H,12-18,37H2,1H3,(H,44,45)/t31-/m1/s1. The maximum atomic E-state index is 14.8. The molecule has 6 rings (SSSR count). The number of nitrogen functional groups attached to an aromatic ring is 1. The number of piperidine rings is 1. The number of ketones is 1. The molecule has 12 heteroatoms. The molecule has 3 N–H and O–H groups in total. The number of halogens is 2. The molecule has 1 saturated heterocycles. The molecular weight excluding hydrogens is 613 g/mol. The zero-order valence-corrected chi connectivity index (χ0v) is 25.9. The molecule has 0 spiro atoms. The van der Waals surface area contributed by atoms with Crippen LogP contribution in [-0.4, -0.2) is 70.3 Å². The smallest absolute Gasteiger partial charge is 0.335 e. The molecule has 4 aromatic rings.